The minimum atomic E-state index is -0.911. The Bertz CT molecular complexity index is 681. The molecule has 1 aromatic rings. The molecule has 8 nitrogen and oxygen atoms in total. The topological polar surface area (TPSA) is 123 Å². The Hall–Kier alpha value is -3.08. The molecule has 0 bridgehead atoms. The first kappa shape index (κ1) is 18.3. The molecule has 1 aliphatic rings. The van der Waals surface area contributed by atoms with Crippen molar-refractivity contribution >= 4 is 17.9 Å². The van der Waals surface area contributed by atoms with Crippen LogP contribution in [0.15, 0.2) is 24.3 Å². The van der Waals surface area contributed by atoms with Crippen LogP contribution in [-0.4, -0.2) is 47.0 Å². The summed E-state index contributed by atoms with van der Waals surface area (Å²) in [5, 5.41) is 22.5. The third-order valence-electron chi connectivity index (χ3n) is 3.91. The average molecular weight is 344 g/mol. The number of likely N-dealkylation sites (tertiary alicyclic amines) is 1. The molecule has 25 heavy (non-hydrogen) atoms. The van der Waals surface area contributed by atoms with Crippen molar-refractivity contribution in [2.24, 2.45) is 0 Å². The zero-order valence-corrected chi connectivity index (χ0v) is 13.7. The summed E-state index contributed by atoms with van der Waals surface area (Å²) < 4.78 is 0. The van der Waals surface area contributed by atoms with Crippen molar-refractivity contribution in [1.29, 1.82) is 5.26 Å². The normalized spacial score (nSPS) is 16.4. The Balaban J connectivity index is 1.77. The van der Waals surface area contributed by atoms with Crippen molar-refractivity contribution in [3.63, 3.8) is 0 Å². The van der Waals surface area contributed by atoms with Crippen molar-refractivity contribution in [2.75, 3.05) is 13.1 Å². The van der Waals surface area contributed by atoms with Crippen LogP contribution in [0.4, 0.5) is 4.79 Å². The SMILES string of the molecule is N#Cc1ccc(CN2CCC(NC(=O)NCCCC(=O)O)C2=O)cc1. The van der Waals surface area contributed by atoms with Gasteiger partial charge in [-0.05, 0) is 30.5 Å². The number of urea groups is 1. The first-order valence-corrected chi connectivity index (χ1v) is 8.03. The van der Waals surface area contributed by atoms with Gasteiger partial charge in [-0.2, -0.15) is 5.26 Å². The number of carboxylic acid groups (broad SMARTS) is 1. The van der Waals surface area contributed by atoms with E-state index in [2.05, 4.69) is 10.6 Å². The third kappa shape index (κ3) is 5.49. The van der Waals surface area contributed by atoms with Crippen LogP contribution in [0, 0.1) is 11.3 Å². The summed E-state index contributed by atoms with van der Waals surface area (Å²) in [5.41, 5.74) is 1.49. The molecular formula is C17H20N4O4. The molecule has 1 unspecified atom stereocenters. The zero-order valence-electron chi connectivity index (χ0n) is 13.7. The van der Waals surface area contributed by atoms with Crippen molar-refractivity contribution in [2.45, 2.75) is 31.8 Å². The van der Waals surface area contributed by atoms with E-state index in [0.717, 1.165) is 5.56 Å². The number of nitrogens with zero attached hydrogens (tertiary/aromatic N) is 2. The quantitative estimate of drug-likeness (QED) is 0.632. The number of hydrogen-bond acceptors (Lipinski definition) is 4. The van der Waals surface area contributed by atoms with E-state index < -0.39 is 18.0 Å². The van der Waals surface area contributed by atoms with Gasteiger partial charge in [-0.15, -0.1) is 0 Å². The molecule has 0 aromatic heterocycles. The van der Waals surface area contributed by atoms with Gasteiger partial charge < -0.3 is 20.6 Å². The molecule has 1 atom stereocenters. The molecule has 3 N–H and O–H groups in total. The predicted molar refractivity (Wildman–Crippen MR) is 88.4 cm³/mol. The van der Waals surface area contributed by atoms with Gasteiger partial charge in [-0.3, -0.25) is 9.59 Å². The lowest BCUT2D eigenvalue weighted by Crippen LogP contribution is -2.46. The van der Waals surface area contributed by atoms with Crippen molar-refractivity contribution in [1.82, 2.24) is 15.5 Å². The molecular weight excluding hydrogens is 324 g/mol. The van der Waals surface area contributed by atoms with E-state index >= 15 is 0 Å². The summed E-state index contributed by atoms with van der Waals surface area (Å²) in [7, 11) is 0. The number of nitrogens with one attached hydrogen (secondary N) is 2. The number of aliphatic carboxylic acids is 1. The van der Waals surface area contributed by atoms with Gasteiger partial charge in [-0.25, -0.2) is 4.79 Å². The summed E-state index contributed by atoms with van der Waals surface area (Å²) in [6, 6.07) is 8.03. The highest BCUT2D eigenvalue weighted by atomic mass is 16.4. The second-order valence-corrected chi connectivity index (χ2v) is 5.81. The van der Waals surface area contributed by atoms with Crippen LogP contribution in [0.1, 0.15) is 30.4 Å². The van der Waals surface area contributed by atoms with Crippen LogP contribution in [0.25, 0.3) is 0 Å². The largest absolute Gasteiger partial charge is 0.481 e. The molecule has 0 radical (unpaired) electrons. The minimum absolute atomic E-state index is 0.0129. The van der Waals surface area contributed by atoms with Gasteiger partial charge >= 0.3 is 12.0 Å². The molecule has 3 amide bonds. The predicted octanol–water partition coefficient (Wildman–Crippen LogP) is 0.823. The van der Waals surface area contributed by atoms with E-state index in [1.165, 1.54) is 0 Å². The molecule has 1 fully saturated rings. The second-order valence-electron chi connectivity index (χ2n) is 5.81. The number of hydrogen-bond donors (Lipinski definition) is 3. The van der Waals surface area contributed by atoms with E-state index in [4.69, 9.17) is 10.4 Å². The maximum absolute atomic E-state index is 12.3. The Labute approximate surface area is 145 Å². The lowest BCUT2D eigenvalue weighted by molar-refractivity contribution is -0.137. The van der Waals surface area contributed by atoms with Crippen LogP contribution in [0.2, 0.25) is 0 Å². The van der Waals surface area contributed by atoms with E-state index in [9.17, 15) is 14.4 Å². The molecule has 0 aliphatic carbocycles. The van der Waals surface area contributed by atoms with Crippen molar-refractivity contribution in [3.05, 3.63) is 35.4 Å². The Morgan fingerprint density at radius 2 is 2.04 bits per heavy atom. The van der Waals surface area contributed by atoms with Gasteiger partial charge in [-0.1, -0.05) is 12.1 Å². The Kier molecular flexibility index (Phi) is 6.34. The molecule has 1 aliphatic heterocycles. The van der Waals surface area contributed by atoms with Crippen LogP contribution < -0.4 is 10.6 Å². The fourth-order valence-corrected chi connectivity index (χ4v) is 2.59. The van der Waals surface area contributed by atoms with Crippen LogP contribution in [0.5, 0.6) is 0 Å². The van der Waals surface area contributed by atoms with E-state index in [0.29, 0.717) is 31.5 Å². The number of rotatable bonds is 7. The molecule has 2 rings (SSSR count). The minimum Gasteiger partial charge on any atom is -0.481 e. The second kappa shape index (κ2) is 8.68. The van der Waals surface area contributed by atoms with Crippen LogP contribution in [-0.2, 0) is 16.1 Å². The fourth-order valence-electron chi connectivity index (χ4n) is 2.59. The lowest BCUT2D eigenvalue weighted by Gasteiger charge is -2.17. The number of carbonyl (C=O) groups excluding carboxylic acids is 2. The van der Waals surface area contributed by atoms with Gasteiger partial charge in [0, 0.05) is 26.1 Å². The summed E-state index contributed by atoms with van der Waals surface area (Å²) in [6.07, 6.45) is 0.852. The maximum atomic E-state index is 12.3. The highest BCUT2D eigenvalue weighted by Gasteiger charge is 2.32. The van der Waals surface area contributed by atoms with Crippen molar-refractivity contribution < 1.29 is 19.5 Å². The van der Waals surface area contributed by atoms with Gasteiger partial charge in [0.05, 0.1) is 11.6 Å². The van der Waals surface area contributed by atoms with Gasteiger partial charge in [0.1, 0.15) is 6.04 Å². The van der Waals surface area contributed by atoms with Crippen LogP contribution >= 0.6 is 0 Å². The number of amides is 3. The Morgan fingerprint density at radius 1 is 1.32 bits per heavy atom. The number of carbonyl (C=O) groups is 3. The number of benzene rings is 1. The summed E-state index contributed by atoms with van der Waals surface area (Å²) in [5.74, 6) is -1.06. The van der Waals surface area contributed by atoms with E-state index in [1.54, 1.807) is 17.0 Å². The van der Waals surface area contributed by atoms with E-state index in [-0.39, 0.29) is 18.9 Å². The highest BCUT2D eigenvalue weighted by molar-refractivity contribution is 5.88. The maximum Gasteiger partial charge on any atom is 0.315 e. The van der Waals surface area contributed by atoms with Gasteiger partial charge in [0.15, 0.2) is 0 Å². The van der Waals surface area contributed by atoms with E-state index in [1.807, 2.05) is 18.2 Å². The molecule has 0 spiro atoms. The number of carboxylic acids is 1. The summed E-state index contributed by atoms with van der Waals surface area (Å²) >= 11 is 0. The molecule has 1 saturated heterocycles. The average Bonchev–Trinajstić information content (AvgIpc) is 2.92. The lowest BCUT2D eigenvalue weighted by atomic mass is 10.1. The van der Waals surface area contributed by atoms with Crippen LogP contribution in [0.3, 0.4) is 0 Å². The van der Waals surface area contributed by atoms with Crippen molar-refractivity contribution in [3.8, 4) is 6.07 Å². The molecule has 8 heteroatoms. The smallest absolute Gasteiger partial charge is 0.315 e. The fraction of sp³-hybridized carbons (Fsp3) is 0.412. The van der Waals surface area contributed by atoms with Gasteiger partial charge in [0.25, 0.3) is 0 Å². The zero-order chi connectivity index (χ0) is 18.2. The first-order valence-electron chi connectivity index (χ1n) is 8.03. The monoisotopic (exact) mass is 344 g/mol. The molecule has 132 valence electrons. The number of nitriles is 1. The summed E-state index contributed by atoms with van der Waals surface area (Å²) in [6.45, 7) is 1.22. The first-order chi connectivity index (χ1) is 12.0. The standard InChI is InChI=1S/C17H20N4O4/c18-10-12-3-5-13(6-4-12)11-21-9-7-14(16(21)24)20-17(25)19-8-1-2-15(22)23/h3-6,14H,1-2,7-9,11H2,(H,22,23)(H2,19,20,25). The molecule has 1 heterocycles. The Morgan fingerprint density at radius 3 is 2.68 bits per heavy atom. The molecule has 0 saturated carbocycles. The highest BCUT2D eigenvalue weighted by Crippen LogP contribution is 2.15. The third-order valence-corrected chi connectivity index (χ3v) is 3.91. The summed E-state index contributed by atoms with van der Waals surface area (Å²) in [4.78, 5) is 36.2. The molecule has 1 aromatic carbocycles. The van der Waals surface area contributed by atoms with Gasteiger partial charge in [0.2, 0.25) is 5.91 Å².